The molecule has 1 aliphatic rings. The predicted octanol–water partition coefficient (Wildman–Crippen LogP) is 3.43. The van der Waals surface area contributed by atoms with Crippen LogP contribution in [0, 0.1) is 0 Å². The van der Waals surface area contributed by atoms with Crippen molar-refractivity contribution in [3.63, 3.8) is 0 Å². The second-order valence-corrected chi connectivity index (χ2v) is 5.97. The first-order valence-electron chi connectivity index (χ1n) is 6.27. The molecule has 2 heterocycles. The number of anilines is 1. The Balaban J connectivity index is 1.58. The summed E-state index contributed by atoms with van der Waals surface area (Å²) in [6, 6.07) is 8.51. The van der Waals surface area contributed by atoms with Gasteiger partial charge in [-0.15, -0.1) is 11.8 Å². The van der Waals surface area contributed by atoms with Gasteiger partial charge in [-0.2, -0.15) is 0 Å². The number of benzene rings is 1. The fraction of sp³-hybridized carbons (Fsp3) is 0.286. The highest BCUT2D eigenvalue weighted by molar-refractivity contribution is 7.99. The van der Waals surface area contributed by atoms with E-state index in [1.54, 1.807) is 6.07 Å². The summed E-state index contributed by atoms with van der Waals surface area (Å²) >= 11 is 7.76. The Labute approximate surface area is 121 Å². The van der Waals surface area contributed by atoms with Crippen LogP contribution in [0.5, 0.6) is 0 Å². The number of nitrogens with one attached hydrogen (secondary N) is 1. The Morgan fingerprint density at radius 2 is 2.21 bits per heavy atom. The van der Waals surface area contributed by atoms with E-state index in [0.29, 0.717) is 5.15 Å². The lowest BCUT2D eigenvalue weighted by atomic mass is 10.1. The Kier molecular flexibility index (Phi) is 3.89. The second-order valence-electron chi connectivity index (χ2n) is 4.44. The lowest BCUT2D eigenvalue weighted by Crippen LogP contribution is -2.06. The summed E-state index contributed by atoms with van der Waals surface area (Å²) in [5.74, 6) is 1.99. The number of halogens is 1. The molecular formula is C14H14ClN3S. The van der Waals surface area contributed by atoms with Gasteiger partial charge >= 0.3 is 0 Å². The summed E-state index contributed by atoms with van der Waals surface area (Å²) in [5.41, 5.74) is 2.86. The zero-order valence-corrected chi connectivity index (χ0v) is 12.0. The minimum atomic E-state index is 0.465. The number of aryl methyl sites for hydroxylation is 1. The maximum atomic E-state index is 5.81. The predicted molar refractivity (Wildman–Crippen MR) is 80.1 cm³/mol. The van der Waals surface area contributed by atoms with Crippen molar-refractivity contribution in [3.05, 3.63) is 46.9 Å². The quantitative estimate of drug-likeness (QED) is 0.876. The summed E-state index contributed by atoms with van der Waals surface area (Å²) in [6.45, 7) is 0.846. The van der Waals surface area contributed by atoms with Crippen LogP contribution in [-0.2, 0) is 12.8 Å². The van der Waals surface area contributed by atoms with Crippen molar-refractivity contribution in [1.82, 2.24) is 9.97 Å². The Morgan fingerprint density at radius 1 is 1.26 bits per heavy atom. The van der Waals surface area contributed by atoms with E-state index in [2.05, 4.69) is 33.5 Å². The lowest BCUT2D eigenvalue weighted by Gasteiger charge is -2.07. The van der Waals surface area contributed by atoms with Gasteiger partial charge in [-0.3, -0.25) is 0 Å². The molecule has 0 fully saturated rings. The van der Waals surface area contributed by atoms with Gasteiger partial charge in [0.15, 0.2) is 0 Å². The molecule has 0 saturated carbocycles. The van der Waals surface area contributed by atoms with E-state index in [9.17, 15) is 0 Å². The van der Waals surface area contributed by atoms with Crippen molar-refractivity contribution in [2.75, 3.05) is 17.6 Å². The smallest absolute Gasteiger partial charge is 0.134 e. The summed E-state index contributed by atoms with van der Waals surface area (Å²) in [4.78, 5) is 9.42. The maximum Gasteiger partial charge on any atom is 0.134 e. The maximum absolute atomic E-state index is 5.81. The third-order valence-electron chi connectivity index (χ3n) is 3.11. The highest BCUT2D eigenvalue weighted by atomic mass is 35.5. The van der Waals surface area contributed by atoms with E-state index in [1.807, 2.05) is 11.8 Å². The number of thioether (sulfide) groups is 1. The van der Waals surface area contributed by atoms with E-state index in [4.69, 9.17) is 11.6 Å². The molecule has 0 aliphatic carbocycles. The number of fused-ring (bicyclic) bond motifs is 1. The van der Waals surface area contributed by atoms with Crippen molar-refractivity contribution in [1.29, 1.82) is 0 Å². The first-order chi connectivity index (χ1) is 9.31. The van der Waals surface area contributed by atoms with Gasteiger partial charge in [0, 0.05) is 23.3 Å². The Hall–Kier alpha value is -1.26. The fourth-order valence-corrected chi connectivity index (χ4v) is 3.36. The van der Waals surface area contributed by atoms with Crippen LogP contribution in [0.3, 0.4) is 0 Å². The molecule has 0 bridgehead atoms. The van der Waals surface area contributed by atoms with Crippen LogP contribution in [-0.4, -0.2) is 22.3 Å². The minimum Gasteiger partial charge on any atom is -0.370 e. The Morgan fingerprint density at radius 3 is 3.11 bits per heavy atom. The molecule has 0 amide bonds. The molecule has 3 nitrogen and oxygen atoms in total. The molecule has 5 heteroatoms. The number of aromatic nitrogens is 2. The highest BCUT2D eigenvalue weighted by Crippen LogP contribution is 2.31. The van der Waals surface area contributed by atoms with Crippen LogP contribution in [0.25, 0.3) is 0 Å². The van der Waals surface area contributed by atoms with E-state index < -0.39 is 0 Å². The molecule has 0 radical (unpaired) electrons. The van der Waals surface area contributed by atoms with Gasteiger partial charge in [0.25, 0.3) is 0 Å². The van der Waals surface area contributed by atoms with Crippen LogP contribution in [0.4, 0.5) is 5.82 Å². The van der Waals surface area contributed by atoms with E-state index in [-0.39, 0.29) is 0 Å². The van der Waals surface area contributed by atoms with Crippen LogP contribution in [0.2, 0.25) is 5.15 Å². The monoisotopic (exact) mass is 291 g/mol. The summed E-state index contributed by atoms with van der Waals surface area (Å²) in [5, 5.41) is 3.73. The van der Waals surface area contributed by atoms with Crippen LogP contribution >= 0.6 is 23.4 Å². The van der Waals surface area contributed by atoms with Gasteiger partial charge in [-0.25, -0.2) is 9.97 Å². The molecule has 1 aliphatic heterocycles. The molecule has 0 atom stereocenters. The third-order valence-corrected chi connectivity index (χ3v) is 4.43. The molecule has 0 unspecified atom stereocenters. The van der Waals surface area contributed by atoms with Gasteiger partial charge in [0.1, 0.15) is 17.3 Å². The van der Waals surface area contributed by atoms with Gasteiger partial charge in [-0.05, 0) is 30.0 Å². The van der Waals surface area contributed by atoms with Gasteiger partial charge in [-0.1, -0.05) is 23.7 Å². The van der Waals surface area contributed by atoms with Crippen LogP contribution in [0.1, 0.15) is 11.1 Å². The largest absolute Gasteiger partial charge is 0.370 e. The van der Waals surface area contributed by atoms with Crippen LogP contribution < -0.4 is 5.32 Å². The standard InChI is InChI=1S/C14H14ClN3S/c15-13-8-14(18-9-17-13)16-5-3-10-1-2-12-11(7-10)4-6-19-12/h1-2,7-9H,3-6H2,(H,16,17,18). The molecular weight excluding hydrogens is 278 g/mol. The molecule has 3 rings (SSSR count). The molecule has 0 saturated heterocycles. The average molecular weight is 292 g/mol. The molecule has 1 aromatic carbocycles. The fourth-order valence-electron chi connectivity index (χ4n) is 2.16. The van der Waals surface area contributed by atoms with E-state index in [1.165, 1.54) is 34.5 Å². The molecule has 1 N–H and O–H groups in total. The normalized spacial score (nSPS) is 13.3. The van der Waals surface area contributed by atoms with Crippen molar-refractivity contribution in [2.45, 2.75) is 17.7 Å². The van der Waals surface area contributed by atoms with Crippen molar-refractivity contribution in [2.24, 2.45) is 0 Å². The van der Waals surface area contributed by atoms with Gasteiger partial charge < -0.3 is 5.32 Å². The molecule has 98 valence electrons. The molecule has 19 heavy (non-hydrogen) atoms. The molecule has 2 aromatic rings. The lowest BCUT2D eigenvalue weighted by molar-refractivity contribution is 0.987. The van der Waals surface area contributed by atoms with Gasteiger partial charge in [0.05, 0.1) is 0 Å². The number of nitrogens with zero attached hydrogens (tertiary/aromatic N) is 2. The second kappa shape index (κ2) is 5.80. The van der Waals surface area contributed by atoms with Crippen molar-refractivity contribution >= 4 is 29.2 Å². The minimum absolute atomic E-state index is 0.465. The highest BCUT2D eigenvalue weighted by Gasteiger charge is 2.11. The first-order valence-corrected chi connectivity index (χ1v) is 7.64. The van der Waals surface area contributed by atoms with Crippen molar-refractivity contribution < 1.29 is 0 Å². The SMILES string of the molecule is Clc1cc(NCCc2ccc3c(c2)CCS3)ncn1. The zero-order valence-electron chi connectivity index (χ0n) is 10.4. The molecule has 1 aromatic heterocycles. The van der Waals surface area contributed by atoms with E-state index >= 15 is 0 Å². The van der Waals surface area contributed by atoms with E-state index in [0.717, 1.165) is 18.8 Å². The van der Waals surface area contributed by atoms with Gasteiger partial charge in [0.2, 0.25) is 0 Å². The number of hydrogen-bond acceptors (Lipinski definition) is 4. The topological polar surface area (TPSA) is 37.8 Å². The first kappa shape index (κ1) is 12.8. The summed E-state index contributed by atoms with van der Waals surface area (Å²) < 4.78 is 0. The van der Waals surface area contributed by atoms with Crippen molar-refractivity contribution in [3.8, 4) is 0 Å². The third kappa shape index (κ3) is 3.19. The number of hydrogen-bond donors (Lipinski definition) is 1. The zero-order chi connectivity index (χ0) is 13.1. The van der Waals surface area contributed by atoms with Crippen LogP contribution in [0.15, 0.2) is 35.5 Å². The summed E-state index contributed by atoms with van der Waals surface area (Å²) in [7, 11) is 0. The summed E-state index contributed by atoms with van der Waals surface area (Å²) in [6.07, 6.45) is 3.65. The molecule has 0 spiro atoms. The Bertz CT molecular complexity index is 589. The number of rotatable bonds is 4. The average Bonchev–Trinajstić information content (AvgIpc) is 2.86.